The van der Waals surface area contributed by atoms with Crippen LogP contribution in [0.25, 0.3) is 28.0 Å². The summed E-state index contributed by atoms with van der Waals surface area (Å²) in [4.78, 5) is 25.0. The summed E-state index contributed by atoms with van der Waals surface area (Å²) in [6, 6.07) is 16.8. The summed E-state index contributed by atoms with van der Waals surface area (Å²) in [7, 11) is 0. The van der Waals surface area contributed by atoms with Crippen LogP contribution in [0.5, 0.6) is 0 Å². The minimum absolute atomic E-state index is 0.280. The van der Waals surface area contributed by atoms with E-state index in [1.165, 1.54) is 0 Å². The van der Waals surface area contributed by atoms with Gasteiger partial charge in [0.15, 0.2) is 5.65 Å². The highest BCUT2D eigenvalue weighted by atomic mass is 16.2. The van der Waals surface area contributed by atoms with Gasteiger partial charge in [0.2, 0.25) is 5.91 Å². The van der Waals surface area contributed by atoms with Crippen molar-refractivity contribution in [2.24, 2.45) is 5.73 Å². The number of amides is 1. The Hall–Kier alpha value is -3.78. The van der Waals surface area contributed by atoms with Gasteiger partial charge in [-0.05, 0) is 51.1 Å². The van der Waals surface area contributed by atoms with Crippen LogP contribution in [0, 0.1) is 0 Å². The molecule has 0 radical (unpaired) electrons. The van der Waals surface area contributed by atoms with Crippen molar-refractivity contribution in [1.82, 2.24) is 24.5 Å². The standard InChI is InChI=1S/C30H35N7O/c31-14-6-2-5-9-29(38)36-23-11-12-24(36)16-22(15-23)27-17-28(32)37-30(35-27)25(19-34-37)21-10-13-26(33-18-21)20-7-3-1-4-8-20/h1,3-4,7-8,10,13,17-19,22-24H,2,5-6,9,11-12,14-16,31-32H2. The lowest BCUT2D eigenvalue weighted by Crippen LogP contribution is -2.46. The Bertz CT molecular complexity index is 1400. The van der Waals surface area contributed by atoms with Crippen LogP contribution in [-0.4, -0.2) is 49.0 Å². The number of rotatable bonds is 8. The molecule has 4 N–H and O–H groups in total. The predicted octanol–water partition coefficient (Wildman–Crippen LogP) is 4.80. The molecule has 8 nitrogen and oxygen atoms in total. The van der Waals surface area contributed by atoms with Crippen molar-refractivity contribution in [3.8, 4) is 22.4 Å². The number of hydrogen-bond acceptors (Lipinski definition) is 6. The molecule has 2 atom stereocenters. The number of carbonyl (C=O) groups is 1. The normalized spacial score (nSPS) is 20.8. The molecule has 2 aliphatic rings. The van der Waals surface area contributed by atoms with Gasteiger partial charge in [-0.2, -0.15) is 9.61 Å². The summed E-state index contributed by atoms with van der Waals surface area (Å²) in [5, 5.41) is 4.52. The Labute approximate surface area is 223 Å². The molecule has 2 aliphatic heterocycles. The van der Waals surface area contributed by atoms with Gasteiger partial charge < -0.3 is 16.4 Å². The average Bonchev–Trinajstić information content (AvgIpc) is 3.50. The first kappa shape index (κ1) is 24.6. The number of nitrogen functional groups attached to an aromatic ring is 1. The molecule has 196 valence electrons. The summed E-state index contributed by atoms with van der Waals surface area (Å²) in [5.74, 6) is 1.17. The Kier molecular flexibility index (Phi) is 6.81. The monoisotopic (exact) mass is 509 g/mol. The smallest absolute Gasteiger partial charge is 0.223 e. The molecule has 2 saturated heterocycles. The van der Waals surface area contributed by atoms with Crippen LogP contribution in [0.3, 0.4) is 0 Å². The second-order valence-electron chi connectivity index (χ2n) is 10.7. The quantitative estimate of drug-likeness (QED) is 0.330. The zero-order valence-corrected chi connectivity index (χ0v) is 21.7. The zero-order chi connectivity index (χ0) is 26.1. The number of fused-ring (bicyclic) bond motifs is 3. The predicted molar refractivity (Wildman–Crippen MR) is 149 cm³/mol. The van der Waals surface area contributed by atoms with Crippen LogP contribution in [0.4, 0.5) is 5.82 Å². The molecule has 0 aliphatic carbocycles. The third kappa shape index (κ3) is 4.65. The summed E-state index contributed by atoms with van der Waals surface area (Å²) >= 11 is 0. The van der Waals surface area contributed by atoms with Gasteiger partial charge in [-0.3, -0.25) is 9.78 Å². The van der Waals surface area contributed by atoms with E-state index in [1.54, 1.807) is 4.52 Å². The molecule has 6 rings (SSSR count). The topological polar surface area (TPSA) is 115 Å². The maximum absolute atomic E-state index is 13.0. The van der Waals surface area contributed by atoms with Gasteiger partial charge in [0, 0.05) is 59.1 Å². The lowest BCUT2D eigenvalue weighted by Gasteiger charge is -2.39. The van der Waals surface area contributed by atoms with Crippen molar-refractivity contribution in [1.29, 1.82) is 0 Å². The molecule has 2 bridgehead atoms. The van der Waals surface area contributed by atoms with Crippen LogP contribution >= 0.6 is 0 Å². The summed E-state index contributed by atoms with van der Waals surface area (Å²) in [6.45, 7) is 0.694. The van der Waals surface area contributed by atoms with E-state index in [1.807, 2.05) is 42.7 Å². The Balaban J connectivity index is 1.23. The third-order valence-electron chi connectivity index (χ3n) is 8.20. The lowest BCUT2D eigenvalue weighted by atomic mass is 9.87. The molecule has 0 spiro atoms. The number of anilines is 1. The van der Waals surface area contributed by atoms with Crippen molar-refractivity contribution in [2.75, 3.05) is 12.3 Å². The van der Waals surface area contributed by atoms with Crippen LogP contribution in [0.2, 0.25) is 0 Å². The number of benzene rings is 1. The number of pyridine rings is 1. The van der Waals surface area contributed by atoms with Crippen molar-refractivity contribution in [3.05, 3.63) is 66.6 Å². The summed E-state index contributed by atoms with van der Waals surface area (Å²) in [6.07, 6.45) is 11.3. The fraction of sp³-hybridized carbons (Fsp3) is 0.400. The summed E-state index contributed by atoms with van der Waals surface area (Å²) in [5.41, 5.74) is 17.7. The molecule has 3 aromatic heterocycles. The first-order valence-electron chi connectivity index (χ1n) is 13.8. The van der Waals surface area contributed by atoms with Gasteiger partial charge in [-0.1, -0.05) is 42.8 Å². The van der Waals surface area contributed by atoms with Crippen molar-refractivity contribution in [2.45, 2.75) is 69.4 Å². The van der Waals surface area contributed by atoms with Crippen LogP contribution < -0.4 is 11.5 Å². The van der Waals surface area contributed by atoms with Gasteiger partial charge in [-0.25, -0.2) is 4.98 Å². The van der Waals surface area contributed by atoms with E-state index in [0.717, 1.165) is 78.7 Å². The van der Waals surface area contributed by atoms with Gasteiger partial charge >= 0.3 is 0 Å². The van der Waals surface area contributed by atoms with E-state index < -0.39 is 0 Å². The van der Waals surface area contributed by atoms with Crippen LogP contribution in [-0.2, 0) is 4.79 Å². The maximum Gasteiger partial charge on any atom is 0.223 e. The van der Waals surface area contributed by atoms with Crippen molar-refractivity contribution < 1.29 is 4.79 Å². The van der Waals surface area contributed by atoms with E-state index in [2.05, 4.69) is 28.2 Å². The fourth-order valence-corrected chi connectivity index (χ4v) is 6.30. The van der Waals surface area contributed by atoms with Crippen molar-refractivity contribution in [3.63, 3.8) is 0 Å². The number of aromatic nitrogens is 4. The number of hydrogen-bond donors (Lipinski definition) is 2. The van der Waals surface area contributed by atoms with Crippen LogP contribution in [0.15, 0.2) is 60.9 Å². The highest BCUT2D eigenvalue weighted by molar-refractivity contribution is 5.79. The van der Waals surface area contributed by atoms with E-state index in [-0.39, 0.29) is 5.92 Å². The molecule has 0 saturated carbocycles. The Morgan fingerprint density at radius 1 is 0.947 bits per heavy atom. The van der Waals surface area contributed by atoms with Gasteiger partial charge in [-0.15, -0.1) is 0 Å². The SMILES string of the molecule is NCCCCCC(=O)N1C2CCC1CC(c1cc(N)n3ncc(-c4ccc(-c5ccccc5)nc4)c3n1)C2. The molecule has 5 heterocycles. The fourth-order valence-electron chi connectivity index (χ4n) is 6.30. The summed E-state index contributed by atoms with van der Waals surface area (Å²) < 4.78 is 1.71. The number of nitrogens with two attached hydrogens (primary N) is 2. The number of carbonyl (C=O) groups excluding carboxylic acids is 1. The lowest BCUT2D eigenvalue weighted by molar-refractivity contribution is -0.136. The first-order valence-corrected chi connectivity index (χ1v) is 13.8. The van der Waals surface area contributed by atoms with E-state index in [4.69, 9.17) is 21.4 Å². The average molecular weight is 510 g/mol. The largest absolute Gasteiger partial charge is 0.384 e. The zero-order valence-electron chi connectivity index (χ0n) is 21.7. The highest BCUT2D eigenvalue weighted by Crippen LogP contribution is 2.43. The molecule has 1 amide bonds. The van der Waals surface area contributed by atoms with Gasteiger partial charge in [0.1, 0.15) is 5.82 Å². The minimum atomic E-state index is 0.280. The number of unbranched alkanes of at least 4 members (excludes halogenated alkanes) is 2. The van der Waals surface area contributed by atoms with Crippen molar-refractivity contribution >= 4 is 17.4 Å². The van der Waals surface area contributed by atoms with E-state index >= 15 is 0 Å². The minimum Gasteiger partial charge on any atom is -0.384 e. The number of piperidine rings is 1. The second kappa shape index (κ2) is 10.5. The molecule has 2 fully saturated rings. The molecule has 2 unspecified atom stereocenters. The Morgan fingerprint density at radius 3 is 2.45 bits per heavy atom. The third-order valence-corrected chi connectivity index (χ3v) is 8.20. The highest BCUT2D eigenvalue weighted by Gasteiger charge is 2.43. The Morgan fingerprint density at radius 2 is 1.74 bits per heavy atom. The molecule has 4 aromatic rings. The first-order chi connectivity index (χ1) is 18.6. The number of nitrogens with zero attached hydrogens (tertiary/aromatic N) is 5. The van der Waals surface area contributed by atoms with E-state index in [0.29, 0.717) is 36.8 Å². The molecular formula is C30H35N7O. The molecule has 8 heteroatoms. The molecule has 1 aromatic carbocycles. The maximum atomic E-state index is 13.0. The van der Waals surface area contributed by atoms with Gasteiger partial charge in [0.05, 0.1) is 11.9 Å². The van der Waals surface area contributed by atoms with E-state index in [9.17, 15) is 4.79 Å². The molecule has 38 heavy (non-hydrogen) atoms. The van der Waals surface area contributed by atoms with Crippen LogP contribution in [0.1, 0.15) is 63.0 Å². The molecular weight excluding hydrogens is 474 g/mol. The van der Waals surface area contributed by atoms with Gasteiger partial charge in [0.25, 0.3) is 0 Å². The second-order valence-corrected chi connectivity index (χ2v) is 10.7.